The highest BCUT2D eigenvalue weighted by Gasteiger charge is 2.33. The van der Waals surface area contributed by atoms with Gasteiger partial charge in [-0.3, -0.25) is 4.79 Å². The summed E-state index contributed by atoms with van der Waals surface area (Å²) in [6.07, 6.45) is 0. The van der Waals surface area contributed by atoms with E-state index in [1.165, 1.54) is 0 Å². The summed E-state index contributed by atoms with van der Waals surface area (Å²) in [4.78, 5) is 11.7. The molecule has 15 heavy (non-hydrogen) atoms. The van der Waals surface area contributed by atoms with Gasteiger partial charge >= 0.3 is 0 Å². The molecule has 0 radical (unpaired) electrons. The van der Waals surface area contributed by atoms with Crippen LogP contribution >= 0.6 is 0 Å². The first-order valence-electron chi connectivity index (χ1n) is 4.67. The highest BCUT2D eigenvalue weighted by molar-refractivity contribution is 6.06. The zero-order chi connectivity index (χ0) is 11.1. The molecule has 1 heterocycles. The molecule has 1 aromatic carbocycles. The summed E-state index contributed by atoms with van der Waals surface area (Å²) in [7, 11) is 0. The van der Waals surface area contributed by atoms with Gasteiger partial charge in [0.05, 0.1) is 16.9 Å². The summed E-state index contributed by atoms with van der Waals surface area (Å²) in [5.41, 5.74) is 1.20. The van der Waals surface area contributed by atoms with Crippen LogP contribution < -0.4 is 10.6 Å². The van der Waals surface area contributed by atoms with E-state index in [0.29, 0.717) is 11.3 Å². The Morgan fingerprint density at radius 1 is 1.40 bits per heavy atom. The van der Waals surface area contributed by atoms with E-state index in [1.807, 2.05) is 12.1 Å². The minimum absolute atomic E-state index is 0.127. The van der Waals surface area contributed by atoms with Crippen LogP contribution in [0.3, 0.4) is 0 Å². The van der Waals surface area contributed by atoms with E-state index >= 15 is 0 Å². The minimum Gasteiger partial charge on any atom is -0.370 e. The molecular formula is C11H11N3O. The van der Waals surface area contributed by atoms with Gasteiger partial charge in [0.2, 0.25) is 5.91 Å². The highest BCUT2D eigenvalue weighted by atomic mass is 16.2. The van der Waals surface area contributed by atoms with Gasteiger partial charge in [0.15, 0.2) is 0 Å². The second kappa shape index (κ2) is 2.99. The quantitative estimate of drug-likeness (QED) is 0.671. The molecule has 1 aliphatic rings. The smallest absolute Gasteiger partial charge is 0.249 e. The van der Waals surface area contributed by atoms with Gasteiger partial charge in [-0.1, -0.05) is 6.07 Å². The summed E-state index contributed by atoms with van der Waals surface area (Å²) < 4.78 is 0. The molecule has 0 spiro atoms. The number of anilines is 2. The Bertz CT molecular complexity index is 471. The summed E-state index contributed by atoms with van der Waals surface area (Å²) in [5.74, 6) is -0.127. The average molecular weight is 201 g/mol. The van der Waals surface area contributed by atoms with E-state index in [-0.39, 0.29) is 5.91 Å². The molecule has 0 unspecified atom stereocenters. The number of nitrogens with zero attached hydrogens (tertiary/aromatic N) is 1. The molecule has 0 fully saturated rings. The Morgan fingerprint density at radius 2 is 2.13 bits per heavy atom. The van der Waals surface area contributed by atoms with Gasteiger partial charge in [-0.05, 0) is 26.0 Å². The van der Waals surface area contributed by atoms with Crippen LogP contribution in [0.1, 0.15) is 19.4 Å². The van der Waals surface area contributed by atoms with E-state index < -0.39 is 5.54 Å². The van der Waals surface area contributed by atoms with Crippen molar-refractivity contribution in [3.63, 3.8) is 0 Å². The lowest BCUT2D eigenvalue weighted by Gasteiger charge is -2.33. The Kier molecular flexibility index (Phi) is 1.90. The largest absolute Gasteiger partial charge is 0.370 e. The number of carbonyl (C=O) groups is 1. The van der Waals surface area contributed by atoms with Crippen molar-refractivity contribution in [1.82, 2.24) is 0 Å². The van der Waals surface area contributed by atoms with E-state index in [1.54, 1.807) is 26.0 Å². The molecule has 4 nitrogen and oxygen atoms in total. The molecule has 0 bridgehead atoms. The fraction of sp³-hybridized carbons (Fsp3) is 0.273. The van der Waals surface area contributed by atoms with E-state index in [9.17, 15) is 4.79 Å². The van der Waals surface area contributed by atoms with Gasteiger partial charge in [0, 0.05) is 0 Å². The van der Waals surface area contributed by atoms with Gasteiger partial charge in [0.25, 0.3) is 0 Å². The topological polar surface area (TPSA) is 64.9 Å². The first-order valence-corrected chi connectivity index (χ1v) is 4.67. The number of carbonyl (C=O) groups excluding carboxylic acids is 1. The van der Waals surface area contributed by atoms with E-state index in [4.69, 9.17) is 5.26 Å². The number of rotatable bonds is 0. The monoisotopic (exact) mass is 201 g/mol. The molecular weight excluding hydrogens is 190 g/mol. The molecule has 0 atom stereocenters. The number of amides is 1. The van der Waals surface area contributed by atoms with Crippen LogP contribution in [0.25, 0.3) is 0 Å². The van der Waals surface area contributed by atoms with Crippen molar-refractivity contribution in [2.75, 3.05) is 10.6 Å². The normalized spacial score (nSPS) is 17.0. The molecule has 1 aliphatic heterocycles. The number of nitriles is 1. The fourth-order valence-electron chi connectivity index (χ4n) is 1.55. The van der Waals surface area contributed by atoms with Gasteiger partial charge < -0.3 is 10.6 Å². The fourth-order valence-corrected chi connectivity index (χ4v) is 1.55. The van der Waals surface area contributed by atoms with Crippen molar-refractivity contribution in [1.29, 1.82) is 5.26 Å². The SMILES string of the molecule is CC1(C)Nc2cccc(C#N)c2NC1=O. The lowest BCUT2D eigenvalue weighted by molar-refractivity contribution is -0.119. The van der Waals surface area contributed by atoms with Crippen molar-refractivity contribution in [2.24, 2.45) is 0 Å². The lowest BCUT2D eigenvalue weighted by atomic mass is 9.98. The number of hydrogen-bond acceptors (Lipinski definition) is 3. The minimum atomic E-state index is -0.638. The number of nitrogens with one attached hydrogen (secondary N) is 2. The molecule has 1 amide bonds. The third kappa shape index (κ3) is 1.42. The molecule has 0 saturated carbocycles. The molecule has 76 valence electrons. The maximum absolute atomic E-state index is 11.7. The van der Waals surface area contributed by atoms with E-state index in [2.05, 4.69) is 10.6 Å². The zero-order valence-electron chi connectivity index (χ0n) is 8.59. The number of hydrogen-bond donors (Lipinski definition) is 2. The molecule has 2 rings (SSSR count). The summed E-state index contributed by atoms with van der Waals surface area (Å²) in [6.45, 7) is 3.59. The summed E-state index contributed by atoms with van der Waals surface area (Å²) >= 11 is 0. The van der Waals surface area contributed by atoms with Crippen molar-refractivity contribution >= 4 is 17.3 Å². The highest BCUT2D eigenvalue weighted by Crippen LogP contribution is 2.32. The number of benzene rings is 1. The molecule has 0 saturated heterocycles. The van der Waals surface area contributed by atoms with Crippen LogP contribution in [0.15, 0.2) is 18.2 Å². The second-order valence-electron chi connectivity index (χ2n) is 4.04. The predicted molar refractivity (Wildman–Crippen MR) is 57.5 cm³/mol. The lowest BCUT2D eigenvalue weighted by Crippen LogP contribution is -2.47. The summed E-state index contributed by atoms with van der Waals surface area (Å²) in [5, 5.41) is 14.7. The Morgan fingerprint density at radius 3 is 2.80 bits per heavy atom. The number of fused-ring (bicyclic) bond motifs is 1. The van der Waals surface area contributed by atoms with Crippen LogP contribution in [0, 0.1) is 11.3 Å². The van der Waals surface area contributed by atoms with Crippen molar-refractivity contribution in [2.45, 2.75) is 19.4 Å². The number of para-hydroxylation sites is 1. The molecule has 0 aromatic heterocycles. The van der Waals surface area contributed by atoms with Crippen LogP contribution in [0.5, 0.6) is 0 Å². The summed E-state index contributed by atoms with van der Waals surface area (Å²) in [6, 6.07) is 7.36. The first-order chi connectivity index (χ1) is 7.04. The maximum Gasteiger partial charge on any atom is 0.249 e. The zero-order valence-corrected chi connectivity index (χ0v) is 8.59. The van der Waals surface area contributed by atoms with Gasteiger partial charge in [-0.2, -0.15) is 5.26 Å². The van der Waals surface area contributed by atoms with Crippen LogP contribution in [0.4, 0.5) is 11.4 Å². The third-order valence-electron chi connectivity index (χ3n) is 2.44. The predicted octanol–water partition coefficient (Wildman–Crippen LogP) is 1.70. The molecule has 4 heteroatoms. The van der Waals surface area contributed by atoms with Crippen molar-refractivity contribution < 1.29 is 4.79 Å². The average Bonchev–Trinajstić information content (AvgIpc) is 2.18. The Labute approximate surface area is 87.9 Å². The maximum atomic E-state index is 11.7. The standard InChI is InChI=1S/C11H11N3O/c1-11(2)10(15)13-9-7(6-12)4-3-5-8(9)14-11/h3-5,14H,1-2H3,(H,13,15). The van der Waals surface area contributed by atoms with Gasteiger partial charge in [-0.25, -0.2) is 0 Å². The van der Waals surface area contributed by atoms with Crippen LogP contribution in [0.2, 0.25) is 0 Å². The first kappa shape index (κ1) is 9.53. The van der Waals surface area contributed by atoms with Crippen molar-refractivity contribution in [3.8, 4) is 6.07 Å². The van der Waals surface area contributed by atoms with Crippen molar-refractivity contribution in [3.05, 3.63) is 23.8 Å². The molecule has 0 aliphatic carbocycles. The van der Waals surface area contributed by atoms with E-state index in [0.717, 1.165) is 5.69 Å². The van der Waals surface area contributed by atoms with Crippen LogP contribution in [-0.2, 0) is 4.79 Å². The van der Waals surface area contributed by atoms with Crippen LogP contribution in [-0.4, -0.2) is 11.4 Å². The molecule has 1 aromatic rings. The molecule has 2 N–H and O–H groups in total. The van der Waals surface area contributed by atoms with Gasteiger partial charge in [0.1, 0.15) is 11.6 Å². The third-order valence-corrected chi connectivity index (χ3v) is 2.44. The Balaban J connectivity index is 2.55. The second-order valence-corrected chi connectivity index (χ2v) is 4.04. The Hall–Kier alpha value is -2.02. The van der Waals surface area contributed by atoms with Gasteiger partial charge in [-0.15, -0.1) is 0 Å².